The van der Waals surface area contributed by atoms with Crippen LogP contribution in [0.3, 0.4) is 0 Å². The molecule has 126 valence electrons. The van der Waals surface area contributed by atoms with Crippen molar-refractivity contribution in [3.8, 4) is 0 Å². The number of benzene rings is 2. The molecule has 0 aliphatic rings. The normalized spacial score (nSPS) is 13.0. The number of amides is 2. The van der Waals surface area contributed by atoms with E-state index in [0.717, 1.165) is 5.56 Å². The molecule has 0 radical (unpaired) electrons. The highest BCUT2D eigenvalue weighted by atomic mass is 16.2. The average molecular weight is 325 g/mol. The van der Waals surface area contributed by atoms with Gasteiger partial charge >= 0.3 is 0 Å². The summed E-state index contributed by atoms with van der Waals surface area (Å²) in [7, 11) is 0. The molecule has 5 heteroatoms. The number of rotatable bonds is 5. The molecule has 2 amide bonds. The summed E-state index contributed by atoms with van der Waals surface area (Å²) >= 11 is 0. The molecule has 0 saturated carbocycles. The van der Waals surface area contributed by atoms with Gasteiger partial charge in [0.2, 0.25) is 5.91 Å². The first-order valence-corrected chi connectivity index (χ1v) is 7.92. The lowest BCUT2D eigenvalue weighted by molar-refractivity contribution is -0.119. The number of carbonyl (C=O) groups is 2. The van der Waals surface area contributed by atoms with Crippen LogP contribution >= 0.6 is 0 Å². The van der Waals surface area contributed by atoms with Crippen LogP contribution in [-0.4, -0.2) is 17.9 Å². The summed E-state index contributed by atoms with van der Waals surface area (Å²) in [6, 6.07) is 14.2. The lowest BCUT2D eigenvalue weighted by Gasteiger charge is -2.17. The van der Waals surface area contributed by atoms with E-state index in [9.17, 15) is 9.59 Å². The fourth-order valence-corrected chi connectivity index (χ4v) is 2.11. The van der Waals surface area contributed by atoms with Gasteiger partial charge in [0.15, 0.2) is 0 Å². The highest BCUT2D eigenvalue weighted by Gasteiger charge is 2.18. The summed E-state index contributed by atoms with van der Waals surface area (Å²) in [5.74, 6) is -0.632. The summed E-state index contributed by atoms with van der Waals surface area (Å²) in [6.45, 7) is 5.49. The van der Waals surface area contributed by atoms with E-state index >= 15 is 0 Å². The van der Waals surface area contributed by atoms with Crippen LogP contribution < -0.4 is 16.4 Å². The first-order valence-electron chi connectivity index (χ1n) is 7.92. The number of aryl methyl sites for hydroxylation is 1. The zero-order valence-corrected chi connectivity index (χ0v) is 14.2. The predicted octanol–water partition coefficient (Wildman–Crippen LogP) is 3.17. The maximum Gasteiger partial charge on any atom is 0.255 e. The van der Waals surface area contributed by atoms with E-state index in [1.807, 2.05) is 31.2 Å². The Morgan fingerprint density at radius 3 is 2.29 bits per heavy atom. The van der Waals surface area contributed by atoms with Crippen molar-refractivity contribution in [1.29, 1.82) is 0 Å². The molecule has 2 aromatic carbocycles. The molecule has 0 spiro atoms. The van der Waals surface area contributed by atoms with Gasteiger partial charge in [-0.15, -0.1) is 0 Å². The van der Waals surface area contributed by atoms with E-state index in [0.29, 0.717) is 16.9 Å². The second kappa shape index (κ2) is 7.75. The van der Waals surface area contributed by atoms with E-state index < -0.39 is 0 Å². The van der Waals surface area contributed by atoms with Crippen LogP contribution in [0.1, 0.15) is 29.8 Å². The third-order valence-electron chi connectivity index (χ3n) is 3.99. The molecule has 2 aromatic rings. The van der Waals surface area contributed by atoms with Crippen molar-refractivity contribution in [2.75, 3.05) is 10.6 Å². The Morgan fingerprint density at radius 1 is 1.00 bits per heavy atom. The van der Waals surface area contributed by atoms with E-state index in [1.165, 1.54) is 0 Å². The van der Waals surface area contributed by atoms with Gasteiger partial charge in [-0.05, 0) is 43.7 Å². The van der Waals surface area contributed by atoms with Crippen molar-refractivity contribution in [3.05, 3.63) is 59.7 Å². The number of nitrogens with two attached hydrogens (primary N) is 1. The first-order chi connectivity index (χ1) is 11.4. The standard InChI is InChI=1S/C19H23N3O2/c1-12-9-10-16(21-19(24)15-7-5-4-6-8-15)11-17(12)22-18(23)13(2)14(3)20/h4-11,13-14H,20H2,1-3H3,(H,21,24)(H,22,23). The molecule has 2 unspecified atom stereocenters. The molecule has 0 saturated heterocycles. The van der Waals surface area contributed by atoms with Gasteiger partial charge in [0.1, 0.15) is 0 Å². The van der Waals surface area contributed by atoms with Crippen LogP contribution in [0.2, 0.25) is 0 Å². The molecule has 0 fully saturated rings. The van der Waals surface area contributed by atoms with Crippen LogP contribution in [0.25, 0.3) is 0 Å². The van der Waals surface area contributed by atoms with Gasteiger partial charge < -0.3 is 16.4 Å². The fraction of sp³-hybridized carbons (Fsp3) is 0.263. The van der Waals surface area contributed by atoms with Gasteiger partial charge in [-0.3, -0.25) is 9.59 Å². The van der Waals surface area contributed by atoms with E-state index in [2.05, 4.69) is 10.6 Å². The molecule has 0 heterocycles. The van der Waals surface area contributed by atoms with Crippen molar-refractivity contribution < 1.29 is 9.59 Å². The number of anilines is 2. The molecule has 0 aliphatic carbocycles. The molecule has 0 bridgehead atoms. The van der Waals surface area contributed by atoms with Gasteiger partial charge in [-0.25, -0.2) is 0 Å². The van der Waals surface area contributed by atoms with Crippen molar-refractivity contribution in [2.24, 2.45) is 11.7 Å². The highest BCUT2D eigenvalue weighted by Crippen LogP contribution is 2.22. The minimum Gasteiger partial charge on any atom is -0.327 e. The van der Waals surface area contributed by atoms with E-state index in [4.69, 9.17) is 5.73 Å². The molecule has 5 nitrogen and oxygen atoms in total. The van der Waals surface area contributed by atoms with Gasteiger partial charge in [0, 0.05) is 23.0 Å². The Morgan fingerprint density at radius 2 is 1.67 bits per heavy atom. The average Bonchev–Trinajstić information content (AvgIpc) is 2.57. The third kappa shape index (κ3) is 4.43. The minimum atomic E-state index is -0.299. The van der Waals surface area contributed by atoms with E-state index in [1.54, 1.807) is 38.1 Å². The van der Waals surface area contributed by atoms with Crippen LogP contribution in [-0.2, 0) is 4.79 Å². The van der Waals surface area contributed by atoms with Crippen LogP contribution in [0.5, 0.6) is 0 Å². The number of hydrogen-bond acceptors (Lipinski definition) is 3. The molecule has 24 heavy (non-hydrogen) atoms. The Labute approximate surface area is 142 Å². The minimum absolute atomic E-state index is 0.139. The smallest absolute Gasteiger partial charge is 0.255 e. The summed E-state index contributed by atoms with van der Waals surface area (Å²) < 4.78 is 0. The molecule has 2 rings (SSSR count). The zero-order valence-electron chi connectivity index (χ0n) is 14.2. The Hall–Kier alpha value is -2.66. The molecule has 4 N–H and O–H groups in total. The zero-order chi connectivity index (χ0) is 17.7. The lowest BCUT2D eigenvalue weighted by Crippen LogP contribution is -2.34. The first kappa shape index (κ1) is 17.7. The van der Waals surface area contributed by atoms with Gasteiger partial charge in [0.05, 0.1) is 5.92 Å². The second-order valence-electron chi connectivity index (χ2n) is 5.99. The summed E-state index contributed by atoms with van der Waals surface area (Å²) in [6.07, 6.45) is 0. The van der Waals surface area contributed by atoms with Crippen LogP contribution in [0.4, 0.5) is 11.4 Å². The lowest BCUT2D eigenvalue weighted by atomic mass is 10.0. The number of nitrogens with one attached hydrogen (secondary N) is 2. The Bertz CT molecular complexity index is 727. The van der Waals surface area contributed by atoms with Crippen molar-refractivity contribution >= 4 is 23.2 Å². The van der Waals surface area contributed by atoms with Crippen molar-refractivity contribution in [3.63, 3.8) is 0 Å². The molecular formula is C19H23N3O2. The van der Waals surface area contributed by atoms with Crippen LogP contribution in [0.15, 0.2) is 48.5 Å². The van der Waals surface area contributed by atoms with Crippen molar-refractivity contribution in [1.82, 2.24) is 0 Å². The molecule has 0 aromatic heterocycles. The SMILES string of the molecule is Cc1ccc(NC(=O)c2ccccc2)cc1NC(=O)C(C)C(C)N. The van der Waals surface area contributed by atoms with E-state index in [-0.39, 0.29) is 23.8 Å². The van der Waals surface area contributed by atoms with Gasteiger partial charge in [0.25, 0.3) is 5.91 Å². The Kier molecular flexibility index (Phi) is 5.71. The molecule has 0 aliphatic heterocycles. The summed E-state index contributed by atoms with van der Waals surface area (Å²) in [5.41, 5.74) is 8.55. The number of carbonyl (C=O) groups excluding carboxylic acids is 2. The fourth-order valence-electron chi connectivity index (χ4n) is 2.11. The highest BCUT2D eigenvalue weighted by molar-refractivity contribution is 6.04. The maximum absolute atomic E-state index is 12.2. The van der Waals surface area contributed by atoms with Crippen molar-refractivity contribution in [2.45, 2.75) is 26.8 Å². The second-order valence-corrected chi connectivity index (χ2v) is 5.99. The predicted molar refractivity (Wildman–Crippen MR) is 97.0 cm³/mol. The topological polar surface area (TPSA) is 84.2 Å². The quantitative estimate of drug-likeness (QED) is 0.789. The molecule has 2 atom stereocenters. The van der Waals surface area contributed by atoms with Gasteiger partial charge in [-0.1, -0.05) is 31.2 Å². The third-order valence-corrected chi connectivity index (χ3v) is 3.99. The molecular weight excluding hydrogens is 302 g/mol. The largest absolute Gasteiger partial charge is 0.327 e. The maximum atomic E-state index is 12.2. The monoisotopic (exact) mass is 325 g/mol. The Balaban J connectivity index is 2.14. The summed E-state index contributed by atoms with van der Waals surface area (Å²) in [4.78, 5) is 24.4. The number of hydrogen-bond donors (Lipinski definition) is 3. The summed E-state index contributed by atoms with van der Waals surface area (Å²) in [5, 5.41) is 5.71. The van der Waals surface area contributed by atoms with Gasteiger partial charge in [-0.2, -0.15) is 0 Å². The van der Waals surface area contributed by atoms with Crippen LogP contribution in [0, 0.1) is 12.8 Å².